The average Bonchev–Trinajstić information content (AvgIpc) is 2.82. The van der Waals surface area contributed by atoms with Crippen LogP contribution in [0.5, 0.6) is 5.88 Å². The molecule has 0 aliphatic heterocycles. The number of nitrogens with two attached hydrogens (primary N) is 1. The monoisotopic (exact) mass is 279 g/mol. The molecule has 19 heavy (non-hydrogen) atoms. The highest BCUT2D eigenvalue weighted by atomic mass is 32.1. The van der Waals surface area contributed by atoms with Crippen molar-refractivity contribution < 1.29 is 9.47 Å². The normalized spacial score (nSPS) is 10.7. The number of pyridine rings is 1. The van der Waals surface area contributed by atoms with Crippen LogP contribution in [0.25, 0.3) is 0 Å². The lowest BCUT2D eigenvalue weighted by Crippen LogP contribution is -1.99. The molecule has 0 radical (unpaired) electrons. The second-order valence-electron chi connectivity index (χ2n) is 4.00. The number of nitrogens with zero attached hydrogens (tertiary/aromatic N) is 2. The molecule has 0 aliphatic carbocycles. The summed E-state index contributed by atoms with van der Waals surface area (Å²) in [4.78, 5) is 9.83. The highest BCUT2D eigenvalue weighted by Crippen LogP contribution is 2.21. The largest absolute Gasteiger partial charge is 0.481 e. The molecule has 2 N–H and O–H groups in total. The van der Waals surface area contributed by atoms with Crippen molar-refractivity contribution in [3.05, 3.63) is 39.5 Å². The number of aromatic nitrogens is 2. The van der Waals surface area contributed by atoms with Gasteiger partial charge in [-0.05, 0) is 5.56 Å². The predicted octanol–water partition coefficient (Wildman–Crippen LogP) is 1.74. The van der Waals surface area contributed by atoms with Crippen LogP contribution in [0.1, 0.15) is 21.1 Å². The zero-order valence-corrected chi connectivity index (χ0v) is 11.9. The van der Waals surface area contributed by atoms with E-state index in [0.717, 1.165) is 27.6 Å². The van der Waals surface area contributed by atoms with Gasteiger partial charge in [0, 0.05) is 37.2 Å². The molecular weight excluding hydrogens is 262 g/mol. The van der Waals surface area contributed by atoms with Crippen LogP contribution in [0.15, 0.2) is 18.3 Å². The third kappa shape index (κ3) is 3.50. The van der Waals surface area contributed by atoms with Crippen LogP contribution in [-0.4, -0.2) is 24.2 Å². The van der Waals surface area contributed by atoms with E-state index in [-0.39, 0.29) is 0 Å². The minimum Gasteiger partial charge on any atom is -0.481 e. The number of thiazole rings is 1. The van der Waals surface area contributed by atoms with Gasteiger partial charge in [-0.1, -0.05) is 6.07 Å². The molecule has 5 nitrogen and oxygen atoms in total. The number of hydrogen-bond acceptors (Lipinski definition) is 6. The fourth-order valence-corrected chi connectivity index (χ4v) is 2.72. The molecule has 0 bridgehead atoms. The Kier molecular flexibility index (Phi) is 4.84. The summed E-state index contributed by atoms with van der Waals surface area (Å²) in [6.45, 7) is 1.00. The first kappa shape index (κ1) is 13.9. The molecule has 0 aliphatic rings. The molecule has 2 aromatic heterocycles. The van der Waals surface area contributed by atoms with Gasteiger partial charge in [-0.25, -0.2) is 9.97 Å². The van der Waals surface area contributed by atoms with Crippen LogP contribution in [0.2, 0.25) is 0 Å². The van der Waals surface area contributed by atoms with Crippen molar-refractivity contribution in [1.82, 2.24) is 9.97 Å². The van der Waals surface area contributed by atoms with Crippen LogP contribution >= 0.6 is 11.3 Å². The highest BCUT2D eigenvalue weighted by Gasteiger charge is 2.10. The van der Waals surface area contributed by atoms with Crippen LogP contribution in [0, 0.1) is 0 Å². The van der Waals surface area contributed by atoms with E-state index in [1.54, 1.807) is 31.8 Å². The number of ether oxygens (including phenoxy) is 2. The van der Waals surface area contributed by atoms with Gasteiger partial charge in [-0.15, -0.1) is 11.3 Å². The fourth-order valence-electron chi connectivity index (χ4n) is 1.73. The molecule has 0 unspecified atom stereocenters. The lowest BCUT2D eigenvalue weighted by molar-refractivity contribution is 0.181. The van der Waals surface area contributed by atoms with E-state index in [2.05, 4.69) is 9.97 Å². The Hall–Kier alpha value is -1.50. The summed E-state index contributed by atoms with van der Waals surface area (Å²) in [5, 5.41) is 1.03. The molecule has 102 valence electrons. The number of methoxy groups -OCH3 is 2. The Morgan fingerprint density at radius 2 is 2.16 bits per heavy atom. The third-order valence-electron chi connectivity index (χ3n) is 2.65. The van der Waals surface area contributed by atoms with Crippen LogP contribution in [-0.2, 0) is 24.3 Å². The van der Waals surface area contributed by atoms with Crippen LogP contribution in [0.4, 0.5) is 0 Å². The Bertz CT molecular complexity index is 525. The van der Waals surface area contributed by atoms with Gasteiger partial charge in [-0.3, -0.25) is 0 Å². The van der Waals surface area contributed by atoms with E-state index >= 15 is 0 Å². The molecule has 0 amide bonds. The second kappa shape index (κ2) is 6.60. The van der Waals surface area contributed by atoms with Crippen molar-refractivity contribution in [3.8, 4) is 5.88 Å². The molecule has 2 aromatic rings. The van der Waals surface area contributed by atoms with E-state index in [9.17, 15) is 0 Å². The fraction of sp³-hybridized carbons (Fsp3) is 0.385. The average molecular weight is 279 g/mol. The lowest BCUT2D eigenvalue weighted by Gasteiger charge is -2.00. The van der Waals surface area contributed by atoms with Gasteiger partial charge in [0.25, 0.3) is 0 Å². The van der Waals surface area contributed by atoms with Crippen molar-refractivity contribution in [2.45, 2.75) is 19.6 Å². The second-order valence-corrected chi connectivity index (χ2v) is 5.17. The van der Waals surface area contributed by atoms with Crippen molar-refractivity contribution >= 4 is 11.3 Å². The molecule has 0 saturated carbocycles. The van der Waals surface area contributed by atoms with Crippen LogP contribution < -0.4 is 10.5 Å². The third-order valence-corrected chi connectivity index (χ3v) is 3.77. The first-order valence-corrected chi connectivity index (χ1v) is 6.73. The number of hydrogen-bond donors (Lipinski definition) is 1. The standard InChI is InChI=1S/C13H17N3O2S/c1-17-8-10-11(6-14)19-13(16-10)5-9-3-4-12(18-2)15-7-9/h3-4,7H,5-6,8,14H2,1-2H3. The molecule has 2 rings (SSSR count). The zero-order chi connectivity index (χ0) is 13.7. The van der Waals surface area contributed by atoms with E-state index in [0.29, 0.717) is 19.0 Å². The molecular formula is C13H17N3O2S. The molecule has 0 atom stereocenters. The van der Waals surface area contributed by atoms with E-state index in [1.807, 2.05) is 12.1 Å². The van der Waals surface area contributed by atoms with Gasteiger partial charge in [0.1, 0.15) is 0 Å². The van der Waals surface area contributed by atoms with Gasteiger partial charge in [0.2, 0.25) is 5.88 Å². The summed E-state index contributed by atoms with van der Waals surface area (Å²) in [6.07, 6.45) is 2.55. The van der Waals surface area contributed by atoms with Crippen molar-refractivity contribution in [2.75, 3.05) is 14.2 Å². The minimum absolute atomic E-state index is 0.497. The zero-order valence-electron chi connectivity index (χ0n) is 11.0. The van der Waals surface area contributed by atoms with Gasteiger partial charge in [0.15, 0.2) is 0 Å². The van der Waals surface area contributed by atoms with Gasteiger partial charge in [0.05, 0.1) is 24.4 Å². The molecule has 2 heterocycles. The summed E-state index contributed by atoms with van der Waals surface area (Å²) >= 11 is 1.63. The van der Waals surface area contributed by atoms with Gasteiger partial charge in [-0.2, -0.15) is 0 Å². The smallest absolute Gasteiger partial charge is 0.212 e. The molecule has 0 fully saturated rings. The van der Waals surface area contributed by atoms with E-state index < -0.39 is 0 Å². The number of rotatable bonds is 6. The maximum atomic E-state index is 5.71. The Balaban J connectivity index is 2.13. The predicted molar refractivity (Wildman–Crippen MR) is 74.3 cm³/mol. The molecule has 0 saturated heterocycles. The summed E-state index contributed by atoms with van der Waals surface area (Å²) < 4.78 is 10.2. The molecule has 6 heteroatoms. The topological polar surface area (TPSA) is 70.3 Å². The minimum atomic E-state index is 0.497. The lowest BCUT2D eigenvalue weighted by atomic mass is 10.2. The van der Waals surface area contributed by atoms with Gasteiger partial charge < -0.3 is 15.2 Å². The van der Waals surface area contributed by atoms with Crippen molar-refractivity contribution in [3.63, 3.8) is 0 Å². The Morgan fingerprint density at radius 1 is 1.32 bits per heavy atom. The maximum absolute atomic E-state index is 5.71. The van der Waals surface area contributed by atoms with Crippen molar-refractivity contribution in [1.29, 1.82) is 0 Å². The van der Waals surface area contributed by atoms with Crippen LogP contribution in [0.3, 0.4) is 0 Å². The maximum Gasteiger partial charge on any atom is 0.212 e. The quantitative estimate of drug-likeness (QED) is 0.872. The van der Waals surface area contributed by atoms with Crippen molar-refractivity contribution in [2.24, 2.45) is 5.73 Å². The van der Waals surface area contributed by atoms with E-state index in [4.69, 9.17) is 15.2 Å². The highest BCUT2D eigenvalue weighted by molar-refractivity contribution is 7.11. The Morgan fingerprint density at radius 3 is 2.74 bits per heavy atom. The Labute approximate surface area is 116 Å². The SMILES string of the molecule is COCc1nc(Cc2ccc(OC)nc2)sc1CN. The first-order valence-electron chi connectivity index (χ1n) is 5.92. The molecule has 0 spiro atoms. The van der Waals surface area contributed by atoms with E-state index in [1.165, 1.54) is 0 Å². The summed E-state index contributed by atoms with van der Waals surface area (Å²) in [6, 6.07) is 3.84. The first-order chi connectivity index (χ1) is 9.26. The summed E-state index contributed by atoms with van der Waals surface area (Å²) in [5.74, 6) is 0.616. The molecule has 0 aromatic carbocycles. The summed E-state index contributed by atoms with van der Waals surface area (Å²) in [5.41, 5.74) is 7.75. The summed E-state index contributed by atoms with van der Waals surface area (Å²) in [7, 11) is 3.26. The van der Waals surface area contributed by atoms with Gasteiger partial charge >= 0.3 is 0 Å².